The number of likely N-dealkylation sites (tertiary alicyclic amines) is 1. The van der Waals surface area contributed by atoms with Gasteiger partial charge in [-0.1, -0.05) is 53.1 Å². The number of aliphatic carboxylic acids is 1. The fraction of sp³-hybridized carbons (Fsp3) is 0.333. The van der Waals surface area contributed by atoms with Crippen molar-refractivity contribution in [3.05, 3.63) is 93.1 Å². The van der Waals surface area contributed by atoms with Crippen LogP contribution in [-0.4, -0.2) is 68.4 Å². The maximum Gasteiger partial charge on any atom is 0.417 e. The molecule has 12 nitrogen and oxygen atoms in total. The molecule has 3 heterocycles. The molecule has 4 amide bonds. The zero-order valence-corrected chi connectivity index (χ0v) is 29.1. The number of hydrazine groups is 1. The maximum atomic E-state index is 15.2. The van der Waals surface area contributed by atoms with Crippen molar-refractivity contribution in [1.29, 1.82) is 0 Å². The lowest BCUT2D eigenvalue weighted by Gasteiger charge is -2.50. The van der Waals surface area contributed by atoms with Crippen molar-refractivity contribution < 1.29 is 52.1 Å². The first kappa shape index (κ1) is 36.2. The van der Waals surface area contributed by atoms with Gasteiger partial charge in [-0.05, 0) is 60.2 Å². The first-order chi connectivity index (χ1) is 25.1. The third-order valence-corrected chi connectivity index (χ3v) is 11.3. The number of phenols is 1. The molecule has 4 aliphatic rings. The number of nitrogens with one attached hydrogen (secondary N) is 1. The van der Waals surface area contributed by atoms with Crippen LogP contribution in [-0.2, 0) is 35.6 Å². The van der Waals surface area contributed by atoms with E-state index in [4.69, 9.17) is 27.9 Å². The molecule has 3 aromatic rings. The first-order valence-electron chi connectivity index (χ1n) is 16.4. The van der Waals surface area contributed by atoms with Crippen LogP contribution in [0.4, 0.5) is 19.0 Å². The minimum atomic E-state index is -4.77. The van der Waals surface area contributed by atoms with Crippen LogP contribution in [0, 0.1) is 23.7 Å². The molecule has 0 spiro atoms. The van der Waals surface area contributed by atoms with Crippen LogP contribution in [0.3, 0.4) is 0 Å². The molecular formula is C36H29Cl2F3N4O8. The molecule has 2 saturated heterocycles. The lowest BCUT2D eigenvalue weighted by atomic mass is 9.49. The van der Waals surface area contributed by atoms with E-state index in [1.165, 1.54) is 31.4 Å². The fourth-order valence-electron chi connectivity index (χ4n) is 8.52. The average Bonchev–Trinajstić information content (AvgIpc) is 3.48. The maximum absolute atomic E-state index is 15.2. The Balaban J connectivity index is 1.42. The number of imide groups is 2. The molecule has 6 atom stereocenters. The Morgan fingerprint density at radius 1 is 1.04 bits per heavy atom. The number of fused-ring (bicyclic) bond motifs is 4. The van der Waals surface area contributed by atoms with E-state index in [1.807, 2.05) is 0 Å². The van der Waals surface area contributed by atoms with Gasteiger partial charge in [0, 0.05) is 23.7 Å². The number of amides is 4. The number of carbonyl (C=O) groups excluding carboxylic acids is 4. The van der Waals surface area contributed by atoms with Crippen LogP contribution in [0.25, 0.3) is 0 Å². The van der Waals surface area contributed by atoms with E-state index < -0.39 is 93.6 Å². The molecule has 1 saturated carbocycles. The highest BCUT2D eigenvalue weighted by Gasteiger charge is 2.70. The van der Waals surface area contributed by atoms with Crippen LogP contribution in [0.15, 0.2) is 66.4 Å². The number of allylic oxidation sites excluding steroid dienone is 2. The number of phenolic OH excluding ortho intramolecular Hbond substituents is 1. The normalized spacial score (nSPS) is 26.6. The number of benzene rings is 2. The minimum Gasteiger partial charge on any atom is -0.504 e. The Hall–Kier alpha value is -5.15. The number of hydrogen-bond donors (Lipinski definition) is 3. The van der Waals surface area contributed by atoms with Crippen LogP contribution in [0.5, 0.6) is 11.5 Å². The van der Waals surface area contributed by atoms with Gasteiger partial charge in [-0.25, -0.2) is 4.98 Å². The third kappa shape index (κ3) is 5.68. The summed E-state index contributed by atoms with van der Waals surface area (Å²) in [6.07, 6.45) is -3.00. The summed E-state index contributed by atoms with van der Waals surface area (Å²) in [5.41, 5.74) is 0.917. The summed E-state index contributed by atoms with van der Waals surface area (Å²) >= 11 is 12.5. The highest BCUT2D eigenvalue weighted by atomic mass is 35.5. The molecule has 7 rings (SSSR count). The molecule has 2 aliphatic carbocycles. The van der Waals surface area contributed by atoms with Crippen LogP contribution >= 0.6 is 23.2 Å². The van der Waals surface area contributed by atoms with E-state index in [0.717, 1.165) is 4.90 Å². The van der Waals surface area contributed by atoms with Crippen LogP contribution in [0.1, 0.15) is 41.9 Å². The molecule has 17 heteroatoms. The summed E-state index contributed by atoms with van der Waals surface area (Å²) in [6.45, 7) is -0.339. The van der Waals surface area contributed by atoms with Gasteiger partial charge in [0.2, 0.25) is 11.8 Å². The molecule has 2 aromatic carbocycles. The Labute approximate surface area is 309 Å². The van der Waals surface area contributed by atoms with Gasteiger partial charge in [0.25, 0.3) is 11.8 Å². The summed E-state index contributed by atoms with van der Waals surface area (Å²) in [7, 11) is 1.33. The van der Waals surface area contributed by atoms with Gasteiger partial charge in [-0.3, -0.25) is 34.3 Å². The van der Waals surface area contributed by atoms with Gasteiger partial charge in [-0.15, -0.1) is 0 Å². The highest BCUT2D eigenvalue weighted by molar-refractivity contribution is 6.33. The molecule has 0 unspecified atom stereocenters. The van der Waals surface area contributed by atoms with E-state index in [0.29, 0.717) is 39.0 Å². The Bertz CT molecular complexity index is 2110. The monoisotopic (exact) mass is 772 g/mol. The summed E-state index contributed by atoms with van der Waals surface area (Å²) < 4.78 is 45.7. The van der Waals surface area contributed by atoms with E-state index in [2.05, 4.69) is 10.4 Å². The largest absolute Gasteiger partial charge is 0.504 e. The number of hydrogen-bond acceptors (Lipinski definition) is 9. The van der Waals surface area contributed by atoms with Gasteiger partial charge in [-0.2, -0.15) is 18.2 Å². The zero-order chi connectivity index (χ0) is 38.1. The molecule has 276 valence electrons. The zero-order valence-electron chi connectivity index (χ0n) is 27.6. The molecule has 1 aromatic heterocycles. The number of methoxy groups -OCH3 is 1. The SMILES string of the molecule is COc1cc([C@H]2C3=CC[C@@H]4C(=O)N(CCC(=O)O)C(=O)[C@@H]4[C@@H]3C[C@H]3C(=O)N(Nc4ncc(C(F)(F)F)cc4Cl)C(=O)[C@@]23c2ccc(Cl)cc2)ccc1O. The van der Waals surface area contributed by atoms with Crippen molar-refractivity contribution >= 4 is 58.6 Å². The molecule has 2 aliphatic heterocycles. The number of pyridine rings is 1. The number of carboxylic acid groups (broad SMARTS) is 1. The van der Waals surface area contributed by atoms with Crippen LogP contribution in [0.2, 0.25) is 10.0 Å². The smallest absolute Gasteiger partial charge is 0.417 e. The molecular weight excluding hydrogens is 744 g/mol. The number of aromatic nitrogens is 1. The Morgan fingerprint density at radius 3 is 2.40 bits per heavy atom. The topological polar surface area (TPSA) is 166 Å². The predicted octanol–water partition coefficient (Wildman–Crippen LogP) is 5.58. The molecule has 0 bridgehead atoms. The lowest BCUT2D eigenvalue weighted by molar-refractivity contribution is -0.143. The van der Waals surface area contributed by atoms with Gasteiger partial charge >= 0.3 is 12.1 Å². The second-order valence-electron chi connectivity index (χ2n) is 13.3. The van der Waals surface area contributed by atoms with Crippen molar-refractivity contribution in [3.63, 3.8) is 0 Å². The van der Waals surface area contributed by atoms with Gasteiger partial charge in [0.15, 0.2) is 17.3 Å². The van der Waals surface area contributed by atoms with E-state index in [1.54, 1.807) is 24.3 Å². The van der Waals surface area contributed by atoms with E-state index >= 15 is 4.79 Å². The second kappa shape index (κ2) is 13.1. The Morgan fingerprint density at radius 2 is 1.75 bits per heavy atom. The number of rotatable bonds is 8. The third-order valence-electron chi connectivity index (χ3n) is 10.7. The van der Waals surface area contributed by atoms with Crippen molar-refractivity contribution in [1.82, 2.24) is 14.9 Å². The molecule has 3 N–H and O–H groups in total. The number of anilines is 1. The molecule has 53 heavy (non-hydrogen) atoms. The minimum absolute atomic E-state index is 0.0428. The number of carboxylic acids is 1. The van der Waals surface area contributed by atoms with Crippen molar-refractivity contribution in [3.8, 4) is 11.5 Å². The van der Waals surface area contributed by atoms with Gasteiger partial charge in [0.05, 0.1) is 47.3 Å². The molecule has 0 radical (unpaired) electrons. The standard InChI is InChI=1S/C36H29Cl2F3N4O8/c1-53-26-12-16(2-9-25(26)46)29-20-7-8-21-28(33(51)44(31(21)49)11-10-27(47)48)22(20)14-23-32(50)45(34(52)35(23,29)17-3-5-19(37)6-4-17)43-30-24(38)13-18(15-42-30)36(39,40)41/h2-7,9,12-13,15,21-23,28-29,46H,8,10-11,14H2,1H3,(H,42,43)(H,47,48)/t21-,22+,23-,28-,29-,35+/m0/s1. The number of alkyl halides is 3. The van der Waals surface area contributed by atoms with E-state index in [9.17, 15) is 42.6 Å². The van der Waals surface area contributed by atoms with Gasteiger partial charge < -0.3 is 14.9 Å². The van der Waals surface area contributed by atoms with Crippen molar-refractivity contribution in [2.45, 2.75) is 36.8 Å². The fourth-order valence-corrected chi connectivity index (χ4v) is 8.86. The number of ether oxygens (including phenoxy) is 1. The number of nitrogens with zero attached hydrogens (tertiary/aromatic N) is 3. The predicted molar refractivity (Wildman–Crippen MR) is 181 cm³/mol. The second-order valence-corrected chi connectivity index (χ2v) is 14.2. The average molecular weight is 774 g/mol. The first-order valence-corrected chi connectivity index (χ1v) is 17.1. The number of halogens is 5. The van der Waals surface area contributed by atoms with E-state index in [-0.39, 0.29) is 30.9 Å². The summed E-state index contributed by atoms with van der Waals surface area (Å²) in [5.74, 6) is -9.45. The van der Waals surface area contributed by atoms with Crippen LogP contribution < -0.4 is 10.2 Å². The summed E-state index contributed by atoms with van der Waals surface area (Å²) in [5, 5.41) is 20.3. The number of carbonyl (C=O) groups is 5. The quantitative estimate of drug-likeness (QED) is 0.194. The highest BCUT2D eigenvalue weighted by Crippen LogP contribution is 2.64. The number of aromatic hydroxyl groups is 1. The Kier molecular flexibility index (Phi) is 8.92. The van der Waals surface area contributed by atoms with Crippen molar-refractivity contribution in [2.75, 3.05) is 19.1 Å². The summed E-state index contributed by atoms with van der Waals surface area (Å²) in [4.78, 5) is 73.5. The summed E-state index contributed by atoms with van der Waals surface area (Å²) in [6, 6.07) is 11.3. The van der Waals surface area contributed by atoms with Gasteiger partial charge in [0.1, 0.15) is 0 Å². The molecule has 3 fully saturated rings. The van der Waals surface area contributed by atoms with Crippen molar-refractivity contribution in [2.24, 2.45) is 23.7 Å². The lowest BCUT2D eigenvalue weighted by Crippen LogP contribution is -2.53.